The third-order valence-electron chi connectivity index (χ3n) is 4.08. The fourth-order valence-electron chi connectivity index (χ4n) is 2.69. The van der Waals surface area contributed by atoms with Crippen molar-refractivity contribution in [3.05, 3.63) is 72.1 Å². The molecule has 0 fully saturated rings. The zero-order chi connectivity index (χ0) is 20.4. The molecule has 0 aliphatic carbocycles. The van der Waals surface area contributed by atoms with Crippen LogP contribution in [0, 0.1) is 0 Å². The first-order valence-corrected chi connectivity index (χ1v) is 11.5. The topological polar surface area (TPSA) is 119 Å². The van der Waals surface area contributed by atoms with Gasteiger partial charge < -0.3 is 0 Å². The molecule has 2 heterocycles. The number of aromatic hydroxyl groups is 2. The first-order valence-electron chi connectivity index (χ1n) is 8.38. The third-order valence-corrected chi connectivity index (χ3v) is 6.17. The molecule has 0 saturated carbocycles. The Labute approximate surface area is 177 Å². The van der Waals surface area contributed by atoms with Crippen molar-refractivity contribution in [2.45, 2.75) is 0 Å². The van der Waals surface area contributed by atoms with E-state index in [1.165, 1.54) is 24.3 Å². The van der Waals surface area contributed by atoms with Gasteiger partial charge in [0, 0.05) is 0 Å². The summed E-state index contributed by atoms with van der Waals surface area (Å²) < 4.78 is 10.2. The van der Waals surface area contributed by atoms with E-state index in [1.807, 2.05) is 0 Å². The van der Waals surface area contributed by atoms with Crippen LogP contribution in [0.15, 0.2) is 60.7 Å². The molecule has 142 valence electrons. The molecule has 2 aromatic heterocycles. The van der Waals surface area contributed by atoms with Crippen molar-refractivity contribution in [1.29, 1.82) is 0 Å². The van der Waals surface area contributed by atoms with E-state index in [0.717, 1.165) is 0 Å². The van der Waals surface area contributed by atoms with Crippen molar-refractivity contribution < 1.29 is 25.2 Å². The van der Waals surface area contributed by atoms with Gasteiger partial charge in [-0.3, -0.25) is 0 Å². The summed E-state index contributed by atoms with van der Waals surface area (Å²) in [7, 11) is 0. The molecule has 0 atom stereocenters. The van der Waals surface area contributed by atoms with Gasteiger partial charge in [0.15, 0.2) is 0 Å². The summed E-state index contributed by atoms with van der Waals surface area (Å²) in [6, 6.07) is 16.0. The summed E-state index contributed by atoms with van der Waals surface area (Å²) >= 11 is -2.54. The van der Waals surface area contributed by atoms with Gasteiger partial charge in [0.1, 0.15) is 0 Å². The number of pyridine rings is 2. The Morgan fingerprint density at radius 3 is 1.59 bits per heavy atom. The molecular formula is C20H12N2O6Pb. The van der Waals surface area contributed by atoms with Crippen LogP contribution < -0.4 is 0 Å². The maximum atomic E-state index is 12.2. The van der Waals surface area contributed by atoms with E-state index in [-0.39, 0.29) is 33.9 Å². The molecule has 0 bridgehead atoms. The molecule has 2 N–H and O–H groups in total. The van der Waals surface area contributed by atoms with E-state index in [1.54, 1.807) is 36.4 Å². The summed E-state index contributed by atoms with van der Waals surface area (Å²) in [5, 5.41) is 21.1. The van der Waals surface area contributed by atoms with Crippen LogP contribution in [-0.4, -0.2) is 57.3 Å². The second-order valence-corrected chi connectivity index (χ2v) is 8.19. The zero-order valence-electron chi connectivity index (χ0n) is 14.7. The van der Waals surface area contributed by atoms with E-state index < -0.39 is 37.1 Å². The van der Waals surface area contributed by atoms with Crippen LogP contribution in [0.4, 0.5) is 0 Å². The van der Waals surface area contributed by atoms with Crippen molar-refractivity contribution in [2.24, 2.45) is 0 Å². The second-order valence-electron chi connectivity index (χ2n) is 5.95. The Balaban J connectivity index is 1.42. The fraction of sp³-hybridized carbons (Fsp3) is 0. The average molecular weight is 584 g/mol. The van der Waals surface area contributed by atoms with Crippen LogP contribution in [0.1, 0.15) is 21.0 Å². The number of aromatic nitrogens is 2. The number of nitrogens with zero attached hydrogens (tertiary/aromatic N) is 2. The van der Waals surface area contributed by atoms with Crippen molar-refractivity contribution in [3.8, 4) is 11.5 Å². The molecule has 29 heavy (non-hydrogen) atoms. The number of benzene rings is 2. The molecule has 0 amide bonds. The summed E-state index contributed by atoms with van der Waals surface area (Å²) in [5.41, 5.74) is 0.590. The summed E-state index contributed by atoms with van der Waals surface area (Å²) in [6.45, 7) is 0. The first kappa shape index (κ1) is 19.1. The predicted octanol–water partition coefficient (Wildman–Crippen LogP) is 2.74. The Hall–Kier alpha value is -3.28. The number of phenols is 2. The molecule has 8 nitrogen and oxygen atoms in total. The molecule has 9 heteroatoms. The van der Waals surface area contributed by atoms with Crippen LogP contribution in [0.5, 0.6) is 11.5 Å². The molecular weight excluding hydrogens is 571 g/mol. The molecule has 0 saturated heterocycles. The predicted molar refractivity (Wildman–Crippen MR) is 103 cm³/mol. The van der Waals surface area contributed by atoms with E-state index in [0.29, 0.717) is 10.8 Å². The van der Waals surface area contributed by atoms with Crippen LogP contribution in [-0.2, 0) is 5.37 Å². The summed E-state index contributed by atoms with van der Waals surface area (Å²) in [5.74, 6) is -1.54. The quantitative estimate of drug-likeness (QED) is 0.352. The SMILES string of the molecule is O=C([O][Pb][O]C(=O)c1ccc2cccc(O)c2n1)c1ccc2cccc(O)c2n1. The molecule has 4 rings (SSSR count). The van der Waals surface area contributed by atoms with Crippen molar-refractivity contribution in [1.82, 2.24) is 9.97 Å². The van der Waals surface area contributed by atoms with E-state index in [2.05, 4.69) is 9.97 Å². The Kier molecular flexibility index (Phi) is 5.25. The van der Waals surface area contributed by atoms with Gasteiger partial charge in [-0.05, 0) is 0 Å². The molecule has 0 spiro atoms. The van der Waals surface area contributed by atoms with Gasteiger partial charge in [-0.1, -0.05) is 0 Å². The molecule has 0 aliphatic heterocycles. The van der Waals surface area contributed by atoms with Crippen LogP contribution >= 0.6 is 0 Å². The summed E-state index contributed by atoms with van der Waals surface area (Å²) in [6.07, 6.45) is 0. The van der Waals surface area contributed by atoms with Gasteiger partial charge in [-0.15, -0.1) is 0 Å². The van der Waals surface area contributed by atoms with Gasteiger partial charge in [-0.2, -0.15) is 0 Å². The minimum absolute atomic E-state index is 0.0105. The minimum atomic E-state index is -2.54. The van der Waals surface area contributed by atoms with Crippen molar-refractivity contribution in [3.63, 3.8) is 0 Å². The van der Waals surface area contributed by atoms with Gasteiger partial charge in [0.25, 0.3) is 0 Å². The number of hydrogen-bond acceptors (Lipinski definition) is 8. The fourth-order valence-corrected chi connectivity index (χ4v) is 4.25. The number of fused-ring (bicyclic) bond motifs is 2. The Morgan fingerprint density at radius 1 is 0.690 bits per heavy atom. The standard InChI is InChI=1S/2C10H7NO3.Pb/c2*12-8-3-1-2-6-4-5-7(10(13)14)11-9(6)8;/h2*1-5,12H,(H,13,14);/q;;+2/p-2. The van der Waals surface area contributed by atoms with Crippen LogP contribution in [0.3, 0.4) is 0 Å². The van der Waals surface area contributed by atoms with Gasteiger partial charge in [0.2, 0.25) is 0 Å². The summed E-state index contributed by atoms with van der Waals surface area (Å²) in [4.78, 5) is 32.6. The number of carbonyl (C=O) groups excluding carboxylic acids is 2. The van der Waals surface area contributed by atoms with Crippen LogP contribution in [0.25, 0.3) is 21.8 Å². The second kappa shape index (κ2) is 7.99. The Bertz CT molecular complexity index is 1160. The Morgan fingerprint density at radius 2 is 1.14 bits per heavy atom. The average Bonchev–Trinajstić information content (AvgIpc) is 2.74. The van der Waals surface area contributed by atoms with Gasteiger partial charge in [0.05, 0.1) is 0 Å². The number of rotatable bonds is 4. The van der Waals surface area contributed by atoms with E-state index in [9.17, 15) is 19.8 Å². The molecule has 2 radical (unpaired) electrons. The molecule has 0 aliphatic rings. The normalized spacial score (nSPS) is 10.8. The third kappa shape index (κ3) is 3.97. The van der Waals surface area contributed by atoms with Crippen molar-refractivity contribution in [2.75, 3.05) is 0 Å². The molecule has 4 aromatic rings. The number of phenolic OH excluding ortho intramolecular Hbond substituents is 2. The monoisotopic (exact) mass is 584 g/mol. The van der Waals surface area contributed by atoms with Crippen LogP contribution in [0.2, 0.25) is 0 Å². The van der Waals surface area contributed by atoms with E-state index in [4.69, 9.17) is 5.37 Å². The number of hydrogen-bond donors (Lipinski definition) is 2. The molecule has 0 unspecified atom stereocenters. The molecule has 2 aromatic carbocycles. The number of para-hydroxylation sites is 2. The van der Waals surface area contributed by atoms with Gasteiger partial charge in [-0.25, -0.2) is 0 Å². The maximum absolute atomic E-state index is 12.2. The van der Waals surface area contributed by atoms with E-state index >= 15 is 0 Å². The first-order chi connectivity index (χ1) is 14.0. The zero-order valence-corrected chi connectivity index (χ0v) is 18.6. The number of carbonyl (C=O) groups is 2. The van der Waals surface area contributed by atoms with Gasteiger partial charge >= 0.3 is 178 Å². The van der Waals surface area contributed by atoms with Crippen molar-refractivity contribution >= 4 is 58.9 Å².